The van der Waals surface area contributed by atoms with Crippen molar-refractivity contribution in [2.24, 2.45) is 0 Å². The summed E-state index contributed by atoms with van der Waals surface area (Å²) in [6.07, 6.45) is 0. The van der Waals surface area contributed by atoms with E-state index >= 15 is 0 Å². The van der Waals surface area contributed by atoms with Gasteiger partial charge in [0.15, 0.2) is 0 Å². The fourth-order valence-corrected chi connectivity index (χ4v) is 1.69. The summed E-state index contributed by atoms with van der Waals surface area (Å²) in [7, 11) is 4.09. The predicted octanol–water partition coefficient (Wildman–Crippen LogP) is 2.57. The number of nitrogens with zero attached hydrogens (tertiary/aromatic N) is 1. The molecule has 0 aliphatic rings. The topological polar surface area (TPSA) is 24.5 Å². The van der Waals surface area contributed by atoms with Gasteiger partial charge in [-0.2, -0.15) is 0 Å². The molecule has 0 aromatic heterocycles. The van der Waals surface area contributed by atoms with Gasteiger partial charge in [0.2, 0.25) is 0 Å². The summed E-state index contributed by atoms with van der Waals surface area (Å²) >= 11 is 5.86. The summed E-state index contributed by atoms with van der Waals surface area (Å²) in [5, 5.41) is 4.20. The van der Waals surface area contributed by atoms with E-state index in [0.29, 0.717) is 6.04 Å². The van der Waals surface area contributed by atoms with Crippen LogP contribution in [-0.4, -0.2) is 45.3 Å². The standard InChI is InChI=1S/C14H23ClN2O/c1-12(13-4-6-14(15)7-5-13)16-8-10-18-11-9-17(2)3/h4-7,12,16H,8-11H2,1-3H3. The summed E-state index contributed by atoms with van der Waals surface area (Å²) in [6.45, 7) is 5.49. The van der Waals surface area contributed by atoms with Crippen LogP contribution in [0.15, 0.2) is 24.3 Å². The van der Waals surface area contributed by atoms with Crippen molar-refractivity contribution >= 4 is 11.6 Å². The van der Waals surface area contributed by atoms with E-state index in [1.165, 1.54) is 5.56 Å². The van der Waals surface area contributed by atoms with Gasteiger partial charge in [-0.3, -0.25) is 0 Å². The highest BCUT2D eigenvalue weighted by Gasteiger charge is 2.03. The van der Waals surface area contributed by atoms with Crippen molar-refractivity contribution in [3.63, 3.8) is 0 Å². The SMILES string of the molecule is CC(NCCOCCN(C)C)c1ccc(Cl)cc1. The zero-order chi connectivity index (χ0) is 13.4. The maximum absolute atomic E-state index is 5.86. The zero-order valence-corrected chi connectivity index (χ0v) is 12.2. The van der Waals surface area contributed by atoms with E-state index in [9.17, 15) is 0 Å². The molecular weight excluding hydrogens is 248 g/mol. The highest BCUT2D eigenvalue weighted by atomic mass is 35.5. The molecule has 0 spiro atoms. The molecular formula is C14H23ClN2O. The first kappa shape index (κ1) is 15.4. The van der Waals surface area contributed by atoms with Gasteiger partial charge >= 0.3 is 0 Å². The molecule has 0 fully saturated rings. The smallest absolute Gasteiger partial charge is 0.0593 e. The van der Waals surface area contributed by atoms with Gasteiger partial charge in [0.1, 0.15) is 0 Å². The molecule has 0 saturated heterocycles. The van der Waals surface area contributed by atoms with Gasteiger partial charge in [0, 0.05) is 24.2 Å². The Bertz CT molecular complexity index is 327. The number of hydrogen-bond acceptors (Lipinski definition) is 3. The lowest BCUT2D eigenvalue weighted by atomic mass is 10.1. The normalized spacial score (nSPS) is 12.9. The lowest BCUT2D eigenvalue weighted by molar-refractivity contribution is 0.118. The van der Waals surface area contributed by atoms with Crippen LogP contribution in [0.25, 0.3) is 0 Å². The largest absolute Gasteiger partial charge is 0.379 e. The highest BCUT2D eigenvalue weighted by Crippen LogP contribution is 2.15. The number of likely N-dealkylation sites (N-methyl/N-ethyl adjacent to an activating group) is 1. The van der Waals surface area contributed by atoms with Crippen molar-refractivity contribution in [2.75, 3.05) is 40.4 Å². The van der Waals surface area contributed by atoms with Gasteiger partial charge in [-0.1, -0.05) is 23.7 Å². The quantitative estimate of drug-likeness (QED) is 0.735. The number of nitrogens with one attached hydrogen (secondary N) is 1. The van der Waals surface area contributed by atoms with E-state index < -0.39 is 0 Å². The van der Waals surface area contributed by atoms with Gasteiger partial charge in [0.25, 0.3) is 0 Å². The first-order chi connectivity index (χ1) is 8.59. The van der Waals surface area contributed by atoms with Gasteiger partial charge < -0.3 is 15.0 Å². The Morgan fingerprint density at radius 2 is 1.89 bits per heavy atom. The van der Waals surface area contributed by atoms with Crippen molar-refractivity contribution in [1.82, 2.24) is 10.2 Å². The minimum Gasteiger partial charge on any atom is -0.379 e. The van der Waals surface area contributed by atoms with E-state index in [1.54, 1.807) is 0 Å². The summed E-state index contributed by atoms with van der Waals surface area (Å²) < 4.78 is 5.52. The Labute approximate surface area is 115 Å². The molecule has 4 heteroatoms. The third-order valence-electron chi connectivity index (χ3n) is 2.75. The van der Waals surface area contributed by atoms with Crippen LogP contribution in [0, 0.1) is 0 Å². The van der Waals surface area contributed by atoms with Crippen LogP contribution in [0.3, 0.4) is 0 Å². The fraction of sp³-hybridized carbons (Fsp3) is 0.571. The molecule has 1 unspecified atom stereocenters. The van der Waals surface area contributed by atoms with Crippen LogP contribution in [0.2, 0.25) is 5.02 Å². The third kappa shape index (κ3) is 6.36. The molecule has 0 amide bonds. The first-order valence-electron chi connectivity index (χ1n) is 6.31. The second-order valence-electron chi connectivity index (χ2n) is 4.64. The molecule has 1 aromatic rings. The average molecular weight is 271 g/mol. The Morgan fingerprint density at radius 3 is 2.50 bits per heavy atom. The van der Waals surface area contributed by atoms with Crippen molar-refractivity contribution in [3.8, 4) is 0 Å². The minimum atomic E-state index is 0.319. The second-order valence-corrected chi connectivity index (χ2v) is 5.08. The third-order valence-corrected chi connectivity index (χ3v) is 3.00. The average Bonchev–Trinajstić information content (AvgIpc) is 2.34. The van der Waals surface area contributed by atoms with Gasteiger partial charge in [0.05, 0.1) is 13.2 Å². The van der Waals surface area contributed by atoms with Crippen molar-refractivity contribution in [1.29, 1.82) is 0 Å². The van der Waals surface area contributed by atoms with Crippen LogP contribution in [0.5, 0.6) is 0 Å². The van der Waals surface area contributed by atoms with Crippen LogP contribution >= 0.6 is 11.6 Å². The Hall–Kier alpha value is -0.610. The van der Waals surface area contributed by atoms with E-state index in [2.05, 4.69) is 17.1 Å². The van der Waals surface area contributed by atoms with Gasteiger partial charge in [-0.05, 0) is 38.7 Å². The lowest BCUT2D eigenvalue weighted by Crippen LogP contribution is -2.25. The monoisotopic (exact) mass is 270 g/mol. The molecule has 18 heavy (non-hydrogen) atoms. The molecule has 0 aliphatic carbocycles. The zero-order valence-electron chi connectivity index (χ0n) is 11.4. The van der Waals surface area contributed by atoms with Crippen LogP contribution in [0.4, 0.5) is 0 Å². The number of hydrogen-bond donors (Lipinski definition) is 1. The van der Waals surface area contributed by atoms with Crippen LogP contribution in [0.1, 0.15) is 18.5 Å². The molecule has 1 atom stereocenters. The van der Waals surface area contributed by atoms with Gasteiger partial charge in [-0.15, -0.1) is 0 Å². The summed E-state index contributed by atoms with van der Waals surface area (Å²) in [4.78, 5) is 2.11. The van der Waals surface area contributed by atoms with Crippen molar-refractivity contribution in [2.45, 2.75) is 13.0 Å². The fourth-order valence-electron chi connectivity index (χ4n) is 1.57. The number of ether oxygens (including phenoxy) is 1. The molecule has 3 nitrogen and oxygen atoms in total. The van der Waals surface area contributed by atoms with E-state index in [0.717, 1.165) is 31.3 Å². The molecule has 0 saturated carbocycles. The van der Waals surface area contributed by atoms with Crippen molar-refractivity contribution < 1.29 is 4.74 Å². The van der Waals surface area contributed by atoms with Crippen LogP contribution < -0.4 is 5.32 Å². The first-order valence-corrected chi connectivity index (χ1v) is 6.68. The van der Waals surface area contributed by atoms with Crippen molar-refractivity contribution in [3.05, 3.63) is 34.9 Å². The molecule has 0 heterocycles. The Balaban J connectivity index is 2.13. The summed E-state index contributed by atoms with van der Waals surface area (Å²) in [5.41, 5.74) is 1.24. The Kier molecular flexibility index (Phi) is 7.28. The highest BCUT2D eigenvalue weighted by molar-refractivity contribution is 6.30. The maximum atomic E-state index is 5.86. The molecule has 102 valence electrons. The molecule has 1 aromatic carbocycles. The maximum Gasteiger partial charge on any atom is 0.0593 e. The van der Waals surface area contributed by atoms with E-state index in [-0.39, 0.29) is 0 Å². The minimum absolute atomic E-state index is 0.319. The van der Waals surface area contributed by atoms with Gasteiger partial charge in [-0.25, -0.2) is 0 Å². The van der Waals surface area contributed by atoms with E-state index in [4.69, 9.17) is 16.3 Å². The number of rotatable bonds is 8. The number of benzene rings is 1. The summed E-state index contributed by atoms with van der Waals surface area (Å²) in [6, 6.07) is 8.25. The molecule has 0 radical (unpaired) electrons. The molecule has 0 bridgehead atoms. The summed E-state index contributed by atoms with van der Waals surface area (Å²) in [5.74, 6) is 0. The Morgan fingerprint density at radius 1 is 1.22 bits per heavy atom. The van der Waals surface area contributed by atoms with Crippen LogP contribution in [-0.2, 0) is 4.74 Å². The predicted molar refractivity (Wildman–Crippen MR) is 77.2 cm³/mol. The molecule has 1 rings (SSSR count). The van der Waals surface area contributed by atoms with E-state index in [1.807, 2.05) is 38.4 Å². The number of halogens is 1. The lowest BCUT2D eigenvalue weighted by Gasteiger charge is -2.15. The molecule has 0 aliphatic heterocycles. The molecule has 1 N–H and O–H groups in total. The second kappa shape index (κ2) is 8.48.